The quantitative estimate of drug-likeness (QED) is 0.819. The highest BCUT2D eigenvalue weighted by Crippen LogP contribution is 2.45. The summed E-state index contributed by atoms with van der Waals surface area (Å²) in [6, 6.07) is 15.0. The molecular weight excluding hydrogens is 321 g/mol. The van der Waals surface area contributed by atoms with Gasteiger partial charge in [0.05, 0.1) is 16.8 Å². The number of hydrogen-bond donors (Lipinski definition) is 1. The third-order valence-corrected chi connectivity index (χ3v) is 6.25. The molecule has 0 spiro atoms. The maximum absolute atomic E-state index is 13.0. The largest absolute Gasteiger partial charge is 0.323 e. The monoisotopic (exact) mass is 339 g/mol. The first-order valence-corrected chi connectivity index (χ1v) is 10.3. The molecule has 0 aliphatic heterocycles. The first-order valence-electron chi connectivity index (χ1n) is 6.74. The van der Waals surface area contributed by atoms with Gasteiger partial charge < -0.3 is 9.61 Å². The molecule has 0 aliphatic carbocycles. The van der Waals surface area contributed by atoms with Crippen molar-refractivity contribution in [3.8, 4) is 0 Å². The Balaban J connectivity index is 2.31. The van der Waals surface area contributed by atoms with E-state index in [4.69, 9.17) is 4.52 Å². The molecule has 7 heteroatoms. The summed E-state index contributed by atoms with van der Waals surface area (Å²) >= 11 is 0. The van der Waals surface area contributed by atoms with E-state index in [0.29, 0.717) is 17.6 Å². The number of anilines is 1. The van der Waals surface area contributed by atoms with Gasteiger partial charge in [0, 0.05) is 11.9 Å². The minimum absolute atomic E-state index is 0.212. The van der Waals surface area contributed by atoms with Crippen molar-refractivity contribution >= 4 is 28.3 Å². The van der Waals surface area contributed by atoms with Crippen LogP contribution in [-0.2, 0) is 18.9 Å². The Morgan fingerprint density at radius 1 is 1.05 bits per heavy atom. The first-order chi connectivity index (χ1) is 10.3. The average molecular weight is 339 g/mol. The highest BCUT2D eigenvalue weighted by molar-refractivity contribution is 7.90. The van der Waals surface area contributed by atoms with Crippen molar-refractivity contribution in [2.75, 3.05) is 17.9 Å². The summed E-state index contributed by atoms with van der Waals surface area (Å²) < 4.78 is 41.4. The van der Waals surface area contributed by atoms with E-state index in [0.717, 1.165) is 6.26 Å². The van der Waals surface area contributed by atoms with Crippen molar-refractivity contribution in [2.24, 2.45) is 0 Å². The van der Waals surface area contributed by atoms with E-state index in [1.54, 1.807) is 43.3 Å². The molecule has 22 heavy (non-hydrogen) atoms. The Morgan fingerprint density at radius 3 is 2.14 bits per heavy atom. The summed E-state index contributed by atoms with van der Waals surface area (Å²) in [4.78, 5) is 0.212. The van der Waals surface area contributed by atoms with Crippen LogP contribution in [0.25, 0.3) is 0 Å². The molecule has 0 saturated heterocycles. The molecule has 0 radical (unpaired) electrons. The Kier molecular flexibility index (Phi) is 5.06. The average Bonchev–Trinajstić information content (AvgIpc) is 2.48. The third kappa shape index (κ3) is 3.97. The first kappa shape index (κ1) is 16.7. The molecule has 1 atom stereocenters. The Morgan fingerprint density at radius 2 is 1.64 bits per heavy atom. The predicted octanol–water partition coefficient (Wildman–Crippen LogP) is 3.06. The van der Waals surface area contributed by atoms with Gasteiger partial charge in [-0.2, -0.15) is 0 Å². The maximum atomic E-state index is 13.0. The lowest BCUT2D eigenvalue weighted by molar-refractivity contribution is 0.344. The normalized spacial score (nSPS) is 14.3. The van der Waals surface area contributed by atoms with Crippen molar-refractivity contribution in [3.05, 3.63) is 54.6 Å². The molecule has 0 aliphatic rings. The van der Waals surface area contributed by atoms with Crippen molar-refractivity contribution in [1.29, 1.82) is 0 Å². The molecule has 118 valence electrons. The standard InChI is InChI=1S/C15H18NO4PS/c1-3-20-21(17,14-7-5-4-6-8-14)16-13-9-11-15(12-10-13)22(2,18)19/h4-12H,3H2,1-2H3,(H,16,17). The van der Waals surface area contributed by atoms with Gasteiger partial charge in [-0.1, -0.05) is 18.2 Å². The van der Waals surface area contributed by atoms with E-state index in [2.05, 4.69) is 5.09 Å². The molecule has 0 saturated carbocycles. The maximum Gasteiger partial charge on any atom is 0.323 e. The van der Waals surface area contributed by atoms with Crippen LogP contribution in [-0.4, -0.2) is 21.3 Å². The van der Waals surface area contributed by atoms with Crippen molar-refractivity contribution in [2.45, 2.75) is 11.8 Å². The minimum atomic E-state index is -3.25. The van der Waals surface area contributed by atoms with Crippen molar-refractivity contribution in [3.63, 3.8) is 0 Å². The van der Waals surface area contributed by atoms with Gasteiger partial charge in [-0.3, -0.25) is 4.57 Å². The van der Waals surface area contributed by atoms with Gasteiger partial charge in [-0.15, -0.1) is 0 Å². The van der Waals surface area contributed by atoms with Crippen molar-refractivity contribution < 1.29 is 17.5 Å². The van der Waals surface area contributed by atoms with E-state index in [-0.39, 0.29) is 4.90 Å². The lowest BCUT2D eigenvalue weighted by Crippen LogP contribution is -2.14. The number of nitrogens with one attached hydrogen (secondary N) is 1. The van der Waals surface area contributed by atoms with Crippen LogP contribution >= 0.6 is 7.52 Å². The van der Waals surface area contributed by atoms with Crippen LogP contribution in [0.1, 0.15) is 6.92 Å². The number of hydrogen-bond acceptors (Lipinski definition) is 4. The molecule has 0 amide bonds. The molecular formula is C15H18NO4PS. The Hall–Kier alpha value is -1.62. The van der Waals surface area contributed by atoms with Gasteiger partial charge in [0.15, 0.2) is 9.84 Å². The van der Waals surface area contributed by atoms with E-state index in [1.807, 2.05) is 6.07 Å². The van der Waals surface area contributed by atoms with Crippen LogP contribution in [0.5, 0.6) is 0 Å². The van der Waals surface area contributed by atoms with Gasteiger partial charge in [0.1, 0.15) is 0 Å². The fourth-order valence-corrected chi connectivity index (χ4v) is 4.31. The van der Waals surface area contributed by atoms with Crippen LogP contribution < -0.4 is 10.4 Å². The molecule has 2 aromatic carbocycles. The smallest absolute Gasteiger partial charge is 0.312 e. The van der Waals surface area contributed by atoms with Gasteiger partial charge >= 0.3 is 7.52 Å². The number of sulfone groups is 1. The second kappa shape index (κ2) is 6.65. The predicted molar refractivity (Wildman–Crippen MR) is 88.5 cm³/mol. The fraction of sp³-hybridized carbons (Fsp3) is 0.200. The number of rotatable bonds is 6. The summed E-state index contributed by atoms with van der Waals surface area (Å²) in [7, 11) is -6.50. The Labute approximate surface area is 130 Å². The second-order valence-electron chi connectivity index (χ2n) is 4.71. The summed E-state index contributed by atoms with van der Waals surface area (Å²) in [6.45, 7) is 2.06. The minimum Gasteiger partial charge on any atom is -0.312 e. The number of benzene rings is 2. The van der Waals surface area contributed by atoms with Gasteiger partial charge in [0.2, 0.25) is 0 Å². The van der Waals surface area contributed by atoms with Crippen LogP contribution in [0.15, 0.2) is 59.5 Å². The lowest BCUT2D eigenvalue weighted by atomic mass is 10.3. The van der Waals surface area contributed by atoms with Gasteiger partial charge in [-0.05, 0) is 43.3 Å². The summed E-state index contributed by atoms with van der Waals surface area (Å²) in [5.41, 5.74) is 0.535. The van der Waals surface area contributed by atoms with Crippen LogP contribution in [0, 0.1) is 0 Å². The van der Waals surface area contributed by atoms with Crippen LogP contribution in [0.4, 0.5) is 5.69 Å². The van der Waals surface area contributed by atoms with E-state index >= 15 is 0 Å². The highest BCUT2D eigenvalue weighted by Gasteiger charge is 2.25. The Bertz CT molecular complexity index is 773. The zero-order valence-electron chi connectivity index (χ0n) is 12.4. The molecule has 2 aromatic rings. The van der Waals surface area contributed by atoms with Gasteiger partial charge in [-0.25, -0.2) is 8.42 Å². The summed E-state index contributed by atoms with van der Waals surface area (Å²) in [6.07, 6.45) is 1.14. The fourth-order valence-electron chi connectivity index (χ4n) is 1.92. The van der Waals surface area contributed by atoms with Gasteiger partial charge in [0.25, 0.3) is 0 Å². The third-order valence-electron chi connectivity index (χ3n) is 2.97. The van der Waals surface area contributed by atoms with E-state index in [9.17, 15) is 13.0 Å². The summed E-state index contributed by atoms with van der Waals surface area (Å²) in [5.74, 6) is 0. The molecule has 0 fully saturated rings. The van der Waals surface area contributed by atoms with E-state index in [1.165, 1.54) is 12.1 Å². The molecule has 0 bridgehead atoms. The molecule has 2 rings (SSSR count). The molecule has 5 nitrogen and oxygen atoms in total. The molecule has 1 unspecified atom stereocenters. The zero-order chi connectivity index (χ0) is 16.2. The molecule has 0 aromatic heterocycles. The highest BCUT2D eigenvalue weighted by atomic mass is 32.2. The molecule has 0 heterocycles. The van der Waals surface area contributed by atoms with Crippen LogP contribution in [0.3, 0.4) is 0 Å². The zero-order valence-corrected chi connectivity index (χ0v) is 14.1. The van der Waals surface area contributed by atoms with E-state index < -0.39 is 17.4 Å². The molecule has 1 N–H and O–H groups in total. The lowest BCUT2D eigenvalue weighted by Gasteiger charge is -2.20. The topological polar surface area (TPSA) is 72.5 Å². The summed E-state index contributed by atoms with van der Waals surface area (Å²) in [5, 5.41) is 3.45. The van der Waals surface area contributed by atoms with Crippen LogP contribution in [0.2, 0.25) is 0 Å². The second-order valence-corrected chi connectivity index (χ2v) is 8.83. The SMILES string of the molecule is CCOP(=O)(Nc1ccc(S(C)(=O)=O)cc1)c1ccccc1. The van der Waals surface area contributed by atoms with Crippen molar-refractivity contribution in [1.82, 2.24) is 0 Å².